The Labute approximate surface area is 138 Å². The van der Waals surface area contributed by atoms with Crippen LogP contribution >= 0.6 is 0 Å². The highest BCUT2D eigenvalue weighted by molar-refractivity contribution is 5.01. The lowest BCUT2D eigenvalue weighted by molar-refractivity contribution is -0.0845. The molecule has 2 saturated heterocycles. The first-order valence-electron chi connectivity index (χ1n) is 10.2. The van der Waals surface area contributed by atoms with Crippen molar-refractivity contribution in [2.75, 3.05) is 19.6 Å². The van der Waals surface area contributed by atoms with E-state index in [1.165, 1.54) is 45.3 Å². The summed E-state index contributed by atoms with van der Waals surface area (Å²) in [4.78, 5) is 2.87. The molecule has 3 saturated carbocycles. The lowest BCUT2D eigenvalue weighted by atomic mass is 9.57. The van der Waals surface area contributed by atoms with Gasteiger partial charge >= 0.3 is 0 Å². The Morgan fingerprint density at radius 1 is 0.909 bits per heavy atom. The molecule has 4 atom stereocenters. The molecule has 1 heteroatoms. The molecular formula is C21H37N. The number of piperidine rings is 2. The average molecular weight is 304 g/mol. The summed E-state index contributed by atoms with van der Waals surface area (Å²) in [5, 5.41) is 0. The largest absolute Gasteiger partial charge is 0.302 e. The van der Waals surface area contributed by atoms with Crippen molar-refractivity contribution in [3.63, 3.8) is 0 Å². The summed E-state index contributed by atoms with van der Waals surface area (Å²) in [6.07, 6.45) is 9.20. The van der Waals surface area contributed by atoms with Crippen LogP contribution in [0.25, 0.3) is 0 Å². The molecule has 126 valence electrons. The Hall–Kier alpha value is -0.0400. The molecule has 3 aliphatic carbocycles. The Morgan fingerprint density at radius 2 is 1.50 bits per heavy atom. The van der Waals surface area contributed by atoms with E-state index < -0.39 is 0 Å². The molecule has 0 N–H and O–H groups in total. The van der Waals surface area contributed by atoms with Crippen molar-refractivity contribution in [2.45, 2.75) is 66.2 Å². The molecule has 1 nitrogen and oxygen atoms in total. The quantitative estimate of drug-likeness (QED) is 0.701. The van der Waals surface area contributed by atoms with Gasteiger partial charge in [0.25, 0.3) is 0 Å². The van der Waals surface area contributed by atoms with Crippen molar-refractivity contribution in [3.8, 4) is 0 Å². The number of rotatable bonds is 4. The smallest absolute Gasteiger partial charge is 0.00358 e. The lowest BCUT2D eigenvalue weighted by Gasteiger charge is -2.57. The fraction of sp³-hybridized carbons (Fsp3) is 1.00. The summed E-state index contributed by atoms with van der Waals surface area (Å²) in [7, 11) is 0. The van der Waals surface area contributed by atoms with Gasteiger partial charge in [-0.05, 0) is 66.1 Å². The third-order valence-electron chi connectivity index (χ3n) is 8.06. The molecule has 0 aromatic rings. The van der Waals surface area contributed by atoms with Gasteiger partial charge in [0.05, 0.1) is 0 Å². The molecule has 0 aromatic carbocycles. The third-order valence-corrected chi connectivity index (χ3v) is 8.06. The summed E-state index contributed by atoms with van der Waals surface area (Å²) in [6, 6.07) is 0. The standard InChI is InChI=1S/C21H37N/c1-14(2)19-17-10-18(19)12-22(11-17)13-21(3,4)20-15-6-5-7-16(20)9-8-15/h14-20H,5-13H2,1-4H3. The maximum absolute atomic E-state index is 2.87. The van der Waals surface area contributed by atoms with Gasteiger partial charge in [0, 0.05) is 19.6 Å². The van der Waals surface area contributed by atoms with Crippen molar-refractivity contribution >= 4 is 0 Å². The molecule has 5 rings (SSSR count). The van der Waals surface area contributed by atoms with Gasteiger partial charge < -0.3 is 4.90 Å². The van der Waals surface area contributed by atoms with Crippen LogP contribution in [0.5, 0.6) is 0 Å². The van der Waals surface area contributed by atoms with E-state index in [-0.39, 0.29) is 0 Å². The van der Waals surface area contributed by atoms with Crippen molar-refractivity contribution in [1.82, 2.24) is 4.90 Å². The lowest BCUT2D eigenvalue weighted by Crippen LogP contribution is -2.58. The summed E-state index contributed by atoms with van der Waals surface area (Å²) < 4.78 is 0. The van der Waals surface area contributed by atoms with Gasteiger partial charge in [-0.1, -0.05) is 47.0 Å². The maximum atomic E-state index is 2.87. The highest BCUT2D eigenvalue weighted by Gasteiger charge is 2.51. The minimum absolute atomic E-state index is 0.545. The Kier molecular flexibility index (Phi) is 3.87. The second-order valence-electron chi connectivity index (χ2n) is 10.3. The van der Waals surface area contributed by atoms with Gasteiger partial charge in [-0.25, -0.2) is 0 Å². The predicted molar refractivity (Wildman–Crippen MR) is 93.7 cm³/mol. The van der Waals surface area contributed by atoms with Crippen molar-refractivity contribution < 1.29 is 0 Å². The zero-order valence-electron chi connectivity index (χ0n) is 15.4. The summed E-state index contributed by atoms with van der Waals surface area (Å²) in [5.41, 5.74) is 0.545. The van der Waals surface area contributed by atoms with Gasteiger partial charge in [0.15, 0.2) is 0 Å². The summed E-state index contributed by atoms with van der Waals surface area (Å²) >= 11 is 0. The maximum Gasteiger partial charge on any atom is 0.00358 e. The first kappa shape index (κ1) is 15.5. The summed E-state index contributed by atoms with van der Waals surface area (Å²) in [5.74, 6) is 7.17. The Bertz CT molecular complexity index is 384. The molecule has 2 heterocycles. The number of nitrogens with zero attached hydrogens (tertiary/aromatic N) is 1. The van der Waals surface area contributed by atoms with Crippen LogP contribution in [0.1, 0.15) is 66.2 Å². The van der Waals surface area contributed by atoms with Gasteiger partial charge in [0.1, 0.15) is 0 Å². The van der Waals surface area contributed by atoms with Crippen LogP contribution in [0.4, 0.5) is 0 Å². The van der Waals surface area contributed by atoms with Gasteiger partial charge in [0.2, 0.25) is 0 Å². The normalized spacial score (nSPS) is 45.1. The molecule has 0 spiro atoms. The fourth-order valence-electron chi connectivity index (χ4n) is 7.66. The number of hydrogen-bond acceptors (Lipinski definition) is 1. The molecule has 0 radical (unpaired) electrons. The van der Waals surface area contributed by atoms with E-state index in [1.807, 2.05) is 0 Å². The van der Waals surface area contributed by atoms with Crippen LogP contribution in [-0.2, 0) is 0 Å². The second-order valence-corrected chi connectivity index (χ2v) is 10.3. The van der Waals surface area contributed by atoms with Gasteiger partial charge in [-0.3, -0.25) is 0 Å². The van der Waals surface area contributed by atoms with Crippen molar-refractivity contribution in [2.24, 2.45) is 46.8 Å². The van der Waals surface area contributed by atoms with E-state index in [0.717, 1.165) is 41.4 Å². The van der Waals surface area contributed by atoms with Crippen LogP contribution in [0.15, 0.2) is 0 Å². The molecule has 5 aliphatic rings. The molecule has 4 unspecified atom stereocenters. The minimum Gasteiger partial charge on any atom is -0.302 e. The zero-order valence-corrected chi connectivity index (χ0v) is 15.4. The molecule has 4 bridgehead atoms. The highest BCUT2D eigenvalue weighted by Crippen LogP contribution is 2.55. The van der Waals surface area contributed by atoms with E-state index in [0.29, 0.717) is 5.41 Å². The second kappa shape index (κ2) is 5.50. The molecule has 0 aromatic heterocycles. The van der Waals surface area contributed by atoms with Crippen LogP contribution in [-0.4, -0.2) is 24.5 Å². The van der Waals surface area contributed by atoms with Crippen LogP contribution in [0.3, 0.4) is 0 Å². The van der Waals surface area contributed by atoms with Gasteiger partial charge in [-0.2, -0.15) is 0 Å². The van der Waals surface area contributed by atoms with Crippen molar-refractivity contribution in [3.05, 3.63) is 0 Å². The first-order valence-corrected chi connectivity index (χ1v) is 10.2. The average Bonchev–Trinajstić information content (AvgIpc) is 2.69. The van der Waals surface area contributed by atoms with Gasteiger partial charge in [-0.15, -0.1) is 0 Å². The highest BCUT2D eigenvalue weighted by atomic mass is 15.2. The monoisotopic (exact) mass is 303 g/mol. The SMILES string of the molecule is CC(C)C1C2CC1CN(CC(C)(C)C1C3CCCC1CC3)C2. The summed E-state index contributed by atoms with van der Waals surface area (Å²) in [6.45, 7) is 14.3. The fourth-order valence-corrected chi connectivity index (χ4v) is 7.66. The van der Waals surface area contributed by atoms with E-state index >= 15 is 0 Å². The molecule has 22 heavy (non-hydrogen) atoms. The first-order chi connectivity index (χ1) is 10.5. The van der Waals surface area contributed by atoms with E-state index in [1.54, 1.807) is 12.8 Å². The predicted octanol–water partition coefficient (Wildman–Crippen LogP) is 5.06. The van der Waals surface area contributed by atoms with Crippen LogP contribution < -0.4 is 0 Å². The third kappa shape index (κ3) is 2.46. The molecule has 0 amide bonds. The van der Waals surface area contributed by atoms with Crippen LogP contribution in [0, 0.1) is 46.8 Å². The van der Waals surface area contributed by atoms with Crippen molar-refractivity contribution in [1.29, 1.82) is 0 Å². The Balaban J connectivity index is 1.39. The molecule has 5 fully saturated rings. The number of fused-ring (bicyclic) bond motifs is 4. The van der Waals surface area contributed by atoms with Crippen LogP contribution in [0.2, 0.25) is 0 Å². The minimum atomic E-state index is 0.545. The Morgan fingerprint density at radius 3 is 2.05 bits per heavy atom. The van der Waals surface area contributed by atoms with E-state index in [4.69, 9.17) is 0 Å². The zero-order chi connectivity index (χ0) is 15.5. The molecule has 2 aliphatic heterocycles. The number of hydrogen-bond donors (Lipinski definition) is 0. The molecular weight excluding hydrogens is 266 g/mol. The van der Waals surface area contributed by atoms with E-state index in [2.05, 4.69) is 32.6 Å². The van der Waals surface area contributed by atoms with E-state index in [9.17, 15) is 0 Å². The topological polar surface area (TPSA) is 3.24 Å².